The zero-order valence-electron chi connectivity index (χ0n) is 10.8. The molecule has 4 nitrogen and oxygen atoms in total. The highest BCUT2D eigenvalue weighted by molar-refractivity contribution is 5.74. The van der Waals surface area contributed by atoms with Gasteiger partial charge in [-0.3, -0.25) is 4.98 Å². The van der Waals surface area contributed by atoms with Gasteiger partial charge in [-0.15, -0.1) is 0 Å². The zero-order valence-corrected chi connectivity index (χ0v) is 10.8. The van der Waals surface area contributed by atoms with Gasteiger partial charge in [0.2, 0.25) is 0 Å². The van der Waals surface area contributed by atoms with Crippen LogP contribution in [0.15, 0.2) is 36.5 Å². The summed E-state index contributed by atoms with van der Waals surface area (Å²) < 4.78 is 11.5. The van der Waals surface area contributed by atoms with E-state index in [1.54, 1.807) is 6.20 Å². The number of nitrogens with zero attached hydrogens (tertiary/aromatic N) is 1. The van der Waals surface area contributed by atoms with Gasteiger partial charge in [-0.2, -0.15) is 0 Å². The molecule has 2 aromatic rings. The monoisotopic (exact) mass is 256 g/mol. The number of hydrogen-bond donors (Lipinski definition) is 1. The van der Waals surface area contributed by atoms with Gasteiger partial charge in [0.05, 0.1) is 24.6 Å². The van der Waals surface area contributed by atoms with Crippen LogP contribution < -0.4 is 15.2 Å². The van der Waals surface area contributed by atoms with E-state index in [0.29, 0.717) is 24.8 Å². The Morgan fingerprint density at radius 3 is 2.74 bits per heavy atom. The van der Waals surface area contributed by atoms with Crippen molar-refractivity contribution in [2.75, 3.05) is 18.9 Å². The maximum absolute atomic E-state index is 5.95. The quantitative estimate of drug-likeness (QED) is 0.852. The highest BCUT2D eigenvalue weighted by atomic mass is 16.5. The summed E-state index contributed by atoms with van der Waals surface area (Å²) in [6.07, 6.45) is 1.73. The number of benzene rings is 1. The van der Waals surface area contributed by atoms with Gasteiger partial charge < -0.3 is 15.2 Å². The van der Waals surface area contributed by atoms with Crippen LogP contribution in [0.1, 0.15) is 6.92 Å². The van der Waals surface area contributed by atoms with Crippen LogP contribution in [0.4, 0.5) is 5.69 Å². The molecule has 19 heavy (non-hydrogen) atoms. The molecule has 3 rings (SSSR count). The van der Waals surface area contributed by atoms with Crippen LogP contribution in [0, 0.1) is 5.92 Å². The minimum atomic E-state index is 0.385. The van der Waals surface area contributed by atoms with Gasteiger partial charge in [-0.25, -0.2) is 0 Å². The minimum absolute atomic E-state index is 0.385. The van der Waals surface area contributed by atoms with Gasteiger partial charge in [-0.1, -0.05) is 6.92 Å². The molecule has 2 N–H and O–H groups in total. The summed E-state index contributed by atoms with van der Waals surface area (Å²) in [4.78, 5) is 4.31. The first-order valence-electron chi connectivity index (χ1n) is 6.34. The molecule has 0 fully saturated rings. The molecule has 0 aliphatic carbocycles. The minimum Gasteiger partial charge on any atom is -0.489 e. The molecule has 1 unspecified atom stereocenters. The van der Waals surface area contributed by atoms with Crippen molar-refractivity contribution in [1.29, 1.82) is 0 Å². The molecule has 1 aliphatic heterocycles. The van der Waals surface area contributed by atoms with Gasteiger partial charge >= 0.3 is 0 Å². The second-order valence-electron chi connectivity index (χ2n) is 4.83. The summed E-state index contributed by atoms with van der Waals surface area (Å²) >= 11 is 0. The lowest BCUT2D eigenvalue weighted by Crippen LogP contribution is -2.12. The van der Waals surface area contributed by atoms with Crippen molar-refractivity contribution in [2.45, 2.75) is 6.92 Å². The molecule has 1 aliphatic rings. The Kier molecular flexibility index (Phi) is 2.99. The fraction of sp³-hybridized carbons (Fsp3) is 0.267. The molecule has 1 atom stereocenters. The number of nitrogens with two attached hydrogens (primary N) is 1. The normalized spacial score (nSPS) is 17.8. The molecule has 0 saturated carbocycles. The fourth-order valence-corrected chi connectivity index (χ4v) is 2.06. The Bertz CT molecular complexity index is 598. The molecular weight excluding hydrogens is 240 g/mol. The van der Waals surface area contributed by atoms with Crippen LogP contribution >= 0.6 is 0 Å². The SMILES string of the molecule is CC1COc2ccc(-c3ncccc3N)cc2OC1. The Morgan fingerprint density at radius 2 is 1.95 bits per heavy atom. The molecule has 0 bridgehead atoms. The van der Waals surface area contributed by atoms with Crippen LogP contribution in [-0.4, -0.2) is 18.2 Å². The van der Waals surface area contributed by atoms with Crippen molar-refractivity contribution < 1.29 is 9.47 Å². The summed E-state index contributed by atoms with van der Waals surface area (Å²) in [5.74, 6) is 1.92. The van der Waals surface area contributed by atoms with Gasteiger partial charge in [0.15, 0.2) is 11.5 Å². The largest absolute Gasteiger partial charge is 0.489 e. The van der Waals surface area contributed by atoms with Crippen LogP contribution in [0.2, 0.25) is 0 Å². The Labute approximate surface area is 112 Å². The average molecular weight is 256 g/mol. The molecule has 0 spiro atoms. The maximum Gasteiger partial charge on any atom is 0.161 e. The van der Waals surface area contributed by atoms with Gasteiger partial charge in [0.1, 0.15) is 0 Å². The van der Waals surface area contributed by atoms with Crippen molar-refractivity contribution in [1.82, 2.24) is 4.98 Å². The predicted octanol–water partition coefficient (Wildman–Crippen LogP) is 2.74. The van der Waals surface area contributed by atoms with Gasteiger partial charge in [0, 0.05) is 17.7 Å². The molecule has 1 aromatic carbocycles. The molecule has 0 saturated heterocycles. The molecule has 1 aromatic heterocycles. The second-order valence-corrected chi connectivity index (χ2v) is 4.83. The highest BCUT2D eigenvalue weighted by Gasteiger charge is 2.16. The average Bonchev–Trinajstić information content (AvgIpc) is 2.61. The van der Waals surface area contributed by atoms with Gasteiger partial charge in [0.25, 0.3) is 0 Å². The van der Waals surface area contributed by atoms with Crippen LogP contribution in [0.3, 0.4) is 0 Å². The summed E-state index contributed by atoms with van der Waals surface area (Å²) in [5.41, 5.74) is 8.31. The number of rotatable bonds is 1. The van der Waals surface area contributed by atoms with Crippen LogP contribution in [0.5, 0.6) is 11.5 Å². The smallest absolute Gasteiger partial charge is 0.161 e. The third kappa shape index (κ3) is 2.34. The summed E-state index contributed by atoms with van der Waals surface area (Å²) in [7, 11) is 0. The number of aromatic nitrogens is 1. The first-order chi connectivity index (χ1) is 9.24. The highest BCUT2D eigenvalue weighted by Crippen LogP contribution is 2.35. The Hall–Kier alpha value is -2.23. The standard InChI is InChI=1S/C15H16N2O2/c1-10-8-18-13-5-4-11(7-14(13)19-9-10)15-12(16)3-2-6-17-15/h2-7,10H,8-9,16H2,1H3. The van der Waals surface area contributed by atoms with E-state index in [4.69, 9.17) is 15.2 Å². The number of anilines is 1. The lowest BCUT2D eigenvalue weighted by molar-refractivity contribution is 0.228. The van der Waals surface area contributed by atoms with E-state index >= 15 is 0 Å². The molecule has 0 amide bonds. The van der Waals surface area contributed by atoms with Crippen molar-refractivity contribution in [3.05, 3.63) is 36.5 Å². The summed E-state index contributed by atoms with van der Waals surface area (Å²) in [6.45, 7) is 3.44. The number of ether oxygens (including phenoxy) is 2. The van der Waals surface area contributed by atoms with E-state index in [0.717, 1.165) is 22.8 Å². The molecular formula is C15H16N2O2. The third-order valence-electron chi connectivity index (χ3n) is 3.10. The van der Waals surface area contributed by atoms with E-state index < -0.39 is 0 Å². The van der Waals surface area contributed by atoms with Gasteiger partial charge in [-0.05, 0) is 30.3 Å². The summed E-state index contributed by atoms with van der Waals surface area (Å²) in [6, 6.07) is 9.47. The van der Waals surface area contributed by atoms with Crippen LogP contribution in [-0.2, 0) is 0 Å². The Morgan fingerprint density at radius 1 is 1.16 bits per heavy atom. The van der Waals surface area contributed by atoms with E-state index in [1.807, 2.05) is 30.3 Å². The zero-order chi connectivity index (χ0) is 13.2. The third-order valence-corrected chi connectivity index (χ3v) is 3.10. The first kappa shape index (κ1) is 11.8. The second kappa shape index (κ2) is 4.80. The Balaban J connectivity index is 2.00. The molecule has 4 heteroatoms. The molecule has 98 valence electrons. The van der Waals surface area contributed by atoms with Crippen molar-refractivity contribution in [3.63, 3.8) is 0 Å². The fourth-order valence-electron chi connectivity index (χ4n) is 2.06. The van der Waals surface area contributed by atoms with Crippen molar-refractivity contribution in [3.8, 4) is 22.8 Å². The molecule has 0 radical (unpaired) electrons. The van der Waals surface area contributed by atoms with Crippen molar-refractivity contribution >= 4 is 5.69 Å². The number of nitrogen functional groups attached to an aromatic ring is 1. The van der Waals surface area contributed by atoms with E-state index in [9.17, 15) is 0 Å². The lowest BCUT2D eigenvalue weighted by atomic mass is 10.1. The van der Waals surface area contributed by atoms with Crippen LogP contribution in [0.25, 0.3) is 11.3 Å². The van der Waals surface area contributed by atoms with E-state index in [-0.39, 0.29) is 0 Å². The van der Waals surface area contributed by atoms with Crippen molar-refractivity contribution in [2.24, 2.45) is 5.92 Å². The number of fused-ring (bicyclic) bond motifs is 1. The predicted molar refractivity (Wildman–Crippen MR) is 74.2 cm³/mol. The topological polar surface area (TPSA) is 57.4 Å². The maximum atomic E-state index is 5.95. The van der Waals surface area contributed by atoms with E-state index in [2.05, 4.69) is 11.9 Å². The number of hydrogen-bond acceptors (Lipinski definition) is 4. The summed E-state index contributed by atoms with van der Waals surface area (Å²) in [5, 5.41) is 0. The number of pyridine rings is 1. The first-order valence-corrected chi connectivity index (χ1v) is 6.34. The lowest BCUT2D eigenvalue weighted by Gasteiger charge is -2.10. The molecule has 2 heterocycles. The van der Waals surface area contributed by atoms with E-state index in [1.165, 1.54) is 0 Å².